The fourth-order valence-corrected chi connectivity index (χ4v) is 3.28. The highest BCUT2D eigenvalue weighted by Crippen LogP contribution is 2.23. The molecule has 0 aromatic carbocycles. The number of amides is 1. The van der Waals surface area contributed by atoms with Crippen LogP contribution >= 0.6 is 22.9 Å². The van der Waals surface area contributed by atoms with Gasteiger partial charge in [-0.25, -0.2) is 0 Å². The van der Waals surface area contributed by atoms with E-state index >= 15 is 0 Å². The van der Waals surface area contributed by atoms with Crippen molar-refractivity contribution >= 4 is 34.9 Å². The van der Waals surface area contributed by atoms with Gasteiger partial charge in [0.05, 0.1) is 4.34 Å². The molecule has 1 aliphatic rings. The normalized spacial score (nSPS) is 21.8. The van der Waals surface area contributed by atoms with E-state index in [2.05, 4.69) is 0 Å². The third kappa shape index (κ3) is 4.06. The van der Waals surface area contributed by atoms with Crippen LogP contribution in [0.25, 0.3) is 6.08 Å². The number of nitrogens with two attached hydrogens (primary N) is 1. The molecule has 1 aromatic rings. The molecule has 1 fully saturated rings. The van der Waals surface area contributed by atoms with Crippen LogP contribution in [0.3, 0.4) is 0 Å². The lowest BCUT2D eigenvalue weighted by molar-refractivity contribution is -0.127. The van der Waals surface area contributed by atoms with E-state index in [9.17, 15) is 4.79 Å². The first-order chi connectivity index (χ1) is 9.06. The molecule has 1 saturated heterocycles. The predicted molar refractivity (Wildman–Crippen MR) is 81.3 cm³/mol. The zero-order valence-electron chi connectivity index (χ0n) is 11.0. The summed E-state index contributed by atoms with van der Waals surface area (Å²) in [5.74, 6) is 0.483. The highest BCUT2D eigenvalue weighted by Gasteiger charge is 2.24. The molecule has 2 rings (SSSR count). The molecule has 1 aliphatic heterocycles. The quantitative estimate of drug-likeness (QED) is 0.872. The summed E-state index contributed by atoms with van der Waals surface area (Å²) in [4.78, 5) is 15.0. The summed E-state index contributed by atoms with van der Waals surface area (Å²) in [7, 11) is 0. The van der Waals surface area contributed by atoms with Crippen LogP contribution in [0, 0.1) is 5.92 Å². The molecule has 104 valence electrons. The van der Waals surface area contributed by atoms with Crippen molar-refractivity contribution in [2.75, 3.05) is 13.1 Å². The number of halogens is 1. The lowest BCUT2D eigenvalue weighted by Crippen LogP contribution is -2.44. The first-order valence-electron chi connectivity index (χ1n) is 6.54. The number of piperidine rings is 1. The van der Waals surface area contributed by atoms with E-state index in [0.29, 0.717) is 5.92 Å². The molecule has 1 amide bonds. The number of nitrogens with zero attached hydrogens (tertiary/aromatic N) is 1. The molecule has 2 unspecified atom stereocenters. The first-order valence-corrected chi connectivity index (χ1v) is 7.73. The number of hydrogen-bond donors (Lipinski definition) is 1. The number of carbonyl (C=O) groups excluding carboxylic acids is 1. The van der Waals surface area contributed by atoms with Crippen molar-refractivity contribution in [2.24, 2.45) is 11.7 Å². The van der Waals surface area contributed by atoms with Gasteiger partial charge in [-0.1, -0.05) is 11.6 Å². The van der Waals surface area contributed by atoms with Crippen LogP contribution in [0.1, 0.15) is 24.6 Å². The second kappa shape index (κ2) is 6.55. The highest BCUT2D eigenvalue weighted by molar-refractivity contribution is 7.17. The second-order valence-corrected chi connectivity index (χ2v) is 6.77. The Hall–Kier alpha value is -0.840. The average molecular weight is 299 g/mol. The van der Waals surface area contributed by atoms with Gasteiger partial charge in [0.1, 0.15) is 0 Å². The van der Waals surface area contributed by atoms with Gasteiger partial charge in [-0.3, -0.25) is 4.79 Å². The third-order valence-electron chi connectivity index (χ3n) is 3.50. The Kier molecular flexibility index (Phi) is 5.02. The Morgan fingerprint density at radius 1 is 1.63 bits per heavy atom. The van der Waals surface area contributed by atoms with E-state index < -0.39 is 0 Å². The van der Waals surface area contributed by atoms with Crippen molar-refractivity contribution in [1.82, 2.24) is 4.90 Å². The summed E-state index contributed by atoms with van der Waals surface area (Å²) >= 11 is 7.32. The predicted octanol–water partition coefficient (Wildman–Crippen LogP) is 3.00. The van der Waals surface area contributed by atoms with E-state index in [1.54, 1.807) is 6.08 Å². The van der Waals surface area contributed by atoms with Gasteiger partial charge in [-0.2, -0.15) is 0 Å². The number of hydrogen-bond acceptors (Lipinski definition) is 3. The summed E-state index contributed by atoms with van der Waals surface area (Å²) in [5.41, 5.74) is 5.93. The Labute approximate surface area is 123 Å². The van der Waals surface area contributed by atoms with Crippen molar-refractivity contribution in [2.45, 2.75) is 25.8 Å². The van der Waals surface area contributed by atoms with Crippen LogP contribution in [-0.4, -0.2) is 29.9 Å². The van der Waals surface area contributed by atoms with E-state index in [1.807, 2.05) is 30.0 Å². The molecule has 0 saturated carbocycles. The average Bonchev–Trinajstić information content (AvgIpc) is 2.82. The van der Waals surface area contributed by atoms with Crippen LogP contribution in [0.5, 0.6) is 0 Å². The molecule has 0 aliphatic carbocycles. The molecule has 2 atom stereocenters. The number of rotatable bonds is 3. The largest absolute Gasteiger partial charge is 0.339 e. The van der Waals surface area contributed by atoms with Crippen LogP contribution in [0.2, 0.25) is 4.34 Å². The smallest absolute Gasteiger partial charge is 0.246 e. The minimum atomic E-state index is 0.0647. The molecule has 0 spiro atoms. The monoisotopic (exact) mass is 298 g/mol. The number of likely N-dealkylation sites (tertiary alicyclic amines) is 1. The lowest BCUT2D eigenvalue weighted by Gasteiger charge is -2.34. The summed E-state index contributed by atoms with van der Waals surface area (Å²) in [5, 5.41) is 0. The van der Waals surface area contributed by atoms with Crippen molar-refractivity contribution in [3.05, 3.63) is 27.4 Å². The maximum atomic E-state index is 12.1. The Morgan fingerprint density at radius 3 is 3.05 bits per heavy atom. The fraction of sp³-hybridized carbons (Fsp3) is 0.500. The number of carbonyl (C=O) groups is 1. The maximum Gasteiger partial charge on any atom is 0.246 e. The van der Waals surface area contributed by atoms with Gasteiger partial charge >= 0.3 is 0 Å². The molecule has 0 radical (unpaired) electrons. The van der Waals surface area contributed by atoms with Gasteiger partial charge in [0.25, 0.3) is 0 Å². The van der Waals surface area contributed by atoms with Gasteiger partial charge in [0.2, 0.25) is 5.91 Å². The summed E-state index contributed by atoms with van der Waals surface area (Å²) in [6.45, 7) is 3.62. The van der Waals surface area contributed by atoms with Crippen molar-refractivity contribution in [3.63, 3.8) is 0 Å². The minimum Gasteiger partial charge on any atom is -0.339 e. The standard InChI is InChI=1S/C14H19ClN2OS/c1-10(16)11-3-2-8-17(9-11)14(18)7-5-12-4-6-13(15)19-12/h4-7,10-11H,2-3,8-9,16H2,1H3/b7-5+. The van der Waals surface area contributed by atoms with Crippen molar-refractivity contribution < 1.29 is 4.79 Å². The van der Waals surface area contributed by atoms with E-state index in [1.165, 1.54) is 11.3 Å². The maximum absolute atomic E-state index is 12.1. The zero-order chi connectivity index (χ0) is 13.8. The molecule has 2 N–H and O–H groups in total. The van der Waals surface area contributed by atoms with E-state index in [4.69, 9.17) is 17.3 Å². The zero-order valence-corrected chi connectivity index (χ0v) is 12.6. The minimum absolute atomic E-state index is 0.0647. The highest BCUT2D eigenvalue weighted by atomic mass is 35.5. The summed E-state index contributed by atoms with van der Waals surface area (Å²) in [6, 6.07) is 3.90. The molecular weight excluding hydrogens is 280 g/mol. The molecule has 19 heavy (non-hydrogen) atoms. The summed E-state index contributed by atoms with van der Waals surface area (Å²) in [6.07, 6.45) is 5.61. The Morgan fingerprint density at radius 2 is 2.42 bits per heavy atom. The lowest BCUT2D eigenvalue weighted by atomic mass is 9.92. The Balaban J connectivity index is 1.94. The van der Waals surface area contributed by atoms with Crippen LogP contribution in [-0.2, 0) is 4.79 Å². The van der Waals surface area contributed by atoms with Gasteiger partial charge in [-0.15, -0.1) is 11.3 Å². The SMILES string of the molecule is CC(N)C1CCCN(C(=O)/C=C/c2ccc(Cl)s2)C1. The molecule has 5 heteroatoms. The molecule has 0 bridgehead atoms. The Bertz CT molecular complexity index is 470. The second-order valence-electron chi connectivity index (χ2n) is 5.02. The fourth-order valence-electron chi connectivity index (χ4n) is 2.32. The van der Waals surface area contributed by atoms with Gasteiger partial charge < -0.3 is 10.6 Å². The van der Waals surface area contributed by atoms with Gasteiger partial charge in [0, 0.05) is 30.1 Å². The van der Waals surface area contributed by atoms with Crippen LogP contribution in [0.15, 0.2) is 18.2 Å². The number of thiophene rings is 1. The first kappa shape index (κ1) is 14.6. The van der Waals surface area contributed by atoms with Crippen LogP contribution < -0.4 is 5.73 Å². The van der Waals surface area contributed by atoms with E-state index in [-0.39, 0.29) is 11.9 Å². The molecule has 2 heterocycles. The molecular formula is C14H19ClN2OS. The van der Waals surface area contributed by atoms with Gasteiger partial charge in [0.15, 0.2) is 0 Å². The summed E-state index contributed by atoms with van der Waals surface area (Å²) < 4.78 is 0.738. The van der Waals surface area contributed by atoms with E-state index in [0.717, 1.165) is 35.1 Å². The van der Waals surface area contributed by atoms with Crippen molar-refractivity contribution in [3.8, 4) is 0 Å². The molecule has 3 nitrogen and oxygen atoms in total. The van der Waals surface area contributed by atoms with Crippen LogP contribution in [0.4, 0.5) is 0 Å². The van der Waals surface area contributed by atoms with Gasteiger partial charge in [-0.05, 0) is 43.9 Å². The third-order valence-corrected chi connectivity index (χ3v) is 4.69. The topological polar surface area (TPSA) is 46.3 Å². The van der Waals surface area contributed by atoms with Crippen molar-refractivity contribution in [1.29, 1.82) is 0 Å². The molecule has 1 aromatic heterocycles.